The number of hydrogen-bond acceptors (Lipinski definition) is 2. The summed E-state index contributed by atoms with van der Waals surface area (Å²) in [6.45, 7) is 7.20. The largest absolute Gasteiger partial charge is 0.350 e. The van der Waals surface area contributed by atoms with Gasteiger partial charge in [-0.15, -0.1) is 0 Å². The molecule has 2 unspecified atom stereocenters. The van der Waals surface area contributed by atoms with E-state index in [4.69, 9.17) is 0 Å². The molecule has 1 N–H and O–H groups in total. The highest BCUT2D eigenvalue weighted by molar-refractivity contribution is 5.79. The number of benzene rings is 2. The van der Waals surface area contributed by atoms with E-state index in [2.05, 4.69) is 78.7 Å². The summed E-state index contributed by atoms with van der Waals surface area (Å²) in [5.41, 5.74) is 4.90. The van der Waals surface area contributed by atoms with Gasteiger partial charge < -0.3 is 5.32 Å². The number of nitrogens with one attached hydrogen (secondary N) is 1. The van der Waals surface area contributed by atoms with Gasteiger partial charge in [-0.1, -0.05) is 61.5 Å². The molecule has 1 amide bonds. The first-order chi connectivity index (χ1) is 16.4. The van der Waals surface area contributed by atoms with Crippen molar-refractivity contribution in [1.82, 2.24) is 10.2 Å². The van der Waals surface area contributed by atoms with Gasteiger partial charge in [0.25, 0.3) is 0 Å². The van der Waals surface area contributed by atoms with E-state index in [1.807, 2.05) is 0 Å². The molecule has 0 spiro atoms. The fraction of sp³-hybridized carbons (Fsp3) is 0.581. The van der Waals surface area contributed by atoms with Crippen LogP contribution in [0, 0.1) is 18.8 Å². The molecule has 4 bridgehead atoms. The molecule has 1 heterocycles. The second-order valence-electron chi connectivity index (χ2n) is 12.6. The van der Waals surface area contributed by atoms with Gasteiger partial charge in [0.1, 0.15) is 0 Å². The van der Waals surface area contributed by atoms with Crippen LogP contribution in [0.5, 0.6) is 0 Å². The van der Waals surface area contributed by atoms with Crippen molar-refractivity contribution in [2.45, 2.75) is 81.6 Å². The highest BCUT2D eigenvalue weighted by Gasteiger charge is 2.58. The minimum Gasteiger partial charge on any atom is -0.350 e. The Labute approximate surface area is 205 Å². The van der Waals surface area contributed by atoms with E-state index in [1.54, 1.807) is 0 Å². The average molecular weight is 457 g/mol. The van der Waals surface area contributed by atoms with Crippen molar-refractivity contribution in [1.29, 1.82) is 0 Å². The Morgan fingerprint density at radius 1 is 0.941 bits per heavy atom. The zero-order valence-electron chi connectivity index (χ0n) is 21.0. The molecule has 5 fully saturated rings. The van der Waals surface area contributed by atoms with Gasteiger partial charge >= 0.3 is 0 Å². The fourth-order valence-electron chi connectivity index (χ4n) is 8.80. The van der Waals surface area contributed by atoms with Gasteiger partial charge in [-0.05, 0) is 111 Å². The molecule has 0 radical (unpaired) electrons. The van der Waals surface area contributed by atoms with Crippen LogP contribution in [0.2, 0.25) is 0 Å². The predicted octanol–water partition coefficient (Wildman–Crippen LogP) is 5.76. The second-order valence-corrected chi connectivity index (χ2v) is 12.6. The number of piperidine rings is 1. The van der Waals surface area contributed by atoms with E-state index in [0.29, 0.717) is 6.54 Å². The maximum Gasteiger partial charge on any atom is 0.234 e. The van der Waals surface area contributed by atoms with Crippen LogP contribution in [-0.2, 0) is 15.6 Å². The van der Waals surface area contributed by atoms with Crippen LogP contribution in [-0.4, -0.2) is 36.0 Å². The summed E-state index contributed by atoms with van der Waals surface area (Å²) in [5.74, 6) is 1.79. The SMILES string of the molecule is Cc1ccccc1C1(C)CCN(CC(=O)NC23C[C@H]4C[C@@H](C2)CC(c2ccccc2)(C4)C3)CC1. The van der Waals surface area contributed by atoms with Crippen molar-refractivity contribution in [2.24, 2.45) is 11.8 Å². The smallest absolute Gasteiger partial charge is 0.234 e. The summed E-state index contributed by atoms with van der Waals surface area (Å²) in [7, 11) is 0. The summed E-state index contributed by atoms with van der Waals surface area (Å²) < 4.78 is 0. The number of amides is 1. The molecule has 180 valence electrons. The highest BCUT2D eigenvalue weighted by atomic mass is 16.2. The number of rotatable bonds is 5. The maximum atomic E-state index is 13.4. The van der Waals surface area contributed by atoms with Crippen LogP contribution in [0.15, 0.2) is 54.6 Å². The molecule has 7 rings (SSSR count). The lowest BCUT2D eigenvalue weighted by Gasteiger charge is -2.62. The third-order valence-corrected chi connectivity index (χ3v) is 9.97. The topological polar surface area (TPSA) is 32.3 Å². The Morgan fingerprint density at radius 3 is 2.26 bits per heavy atom. The van der Waals surface area contributed by atoms with Crippen LogP contribution in [0.3, 0.4) is 0 Å². The lowest BCUT2D eigenvalue weighted by atomic mass is 9.45. The number of aryl methyl sites for hydroxylation is 1. The fourth-order valence-corrected chi connectivity index (χ4v) is 8.80. The molecular formula is C31H40N2O. The molecule has 3 heteroatoms. The zero-order valence-corrected chi connectivity index (χ0v) is 21.0. The van der Waals surface area contributed by atoms with Gasteiger partial charge in [-0.2, -0.15) is 0 Å². The molecular weight excluding hydrogens is 416 g/mol. The predicted molar refractivity (Wildman–Crippen MR) is 138 cm³/mol. The average Bonchev–Trinajstić information content (AvgIpc) is 2.80. The molecule has 3 nitrogen and oxygen atoms in total. The van der Waals surface area contributed by atoms with Gasteiger partial charge in [-0.3, -0.25) is 9.69 Å². The van der Waals surface area contributed by atoms with Crippen molar-refractivity contribution in [3.8, 4) is 0 Å². The first-order valence-corrected chi connectivity index (χ1v) is 13.5. The lowest BCUT2D eigenvalue weighted by molar-refractivity contribution is -0.129. The second kappa shape index (κ2) is 8.22. The van der Waals surface area contributed by atoms with Crippen LogP contribution < -0.4 is 5.32 Å². The normalized spacial score (nSPS) is 34.2. The first-order valence-electron chi connectivity index (χ1n) is 13.5. The van der Waals surface area contributed by atoms with E-state index < -0.39 is 0 Å². The van der Waals surface area contributed by atoms with Crippen molar-refractivity contribution in [2.75, 3.05) is 19.6 Å². The third-order valence-electron chi connectivity index (χ3n) is 9.97. The number of carbonyl (C=O) groups excluding carboxylic acids is 1. The Hall–Kier alpha value is -2.13. The minimum atomic E-state index is 0.0163. The molecule has 4 atom stereocenters. The molecule has 0 aromatic heterocycles. The van der Waals surface area contributed by atoms with Gasteiger partial charge in [0.15, 0.2) is 0 Å². The van der Waals surface area contributed by atoms with Crippen LogP contribution in [0.25, 0.3) is 0 Å². The quantitative estimate of drug-likeness (QED) is 0.621. The molecule has 4 aliphatic carbocycles. The summed E-state index contributed by atoms with van der Waals surface area (Å²) in [4.78, 5) is 15.8. The molecule has 1 saturated heterocycles. The lowest BCUT2D eigenvalue weighted by Crippen LogP contribution is -2.65. The third kappa shape index (κ3) is 3.90. The molecule has 5 aliphatic rings. The maximum absolute atomic E-state index is 13.4. The van der Waals surface area contributed by atoms with Crippen LogP contribution in [0.1, 0.15) is 75.0 Å². The molecule has 2 aromatic rings. The minimum absolute atomic E-state index is 0.0163. The zero-order chi connectivity index (χ0) is 23.4. The summed E-state index contributed by atoms with van der Waals surface area (Å²) in [6, 6.07) is 20.0. The van der Waals surface area contributed by atoms with Crippen molar-refractivity contribution >= 4 is 5.91 Å². The van der Waals surface area contributed by atoms with Gasteiger partial charge in [0.05, 0.1) is 6.54 Å². The monoisotopic (exact) mass is 456 g/mol. The van der Waals surface area contributed by atoms with Crippen molar-refractivity contribution in [3.05, 3.63) is 71.3 Å². The number of nitrogens with zero attached hydrogens (tertiary/aromatic N) is 1. The Kier molecular flexibility index (Phi) is 5.40. The van der Waals surface area contributed by atoms with Gasteiger partial charge in [0.2, 0.25) is 5.91 Å². The van der Waals surface area contributed by atoms with E-state index in [9.17, 15) is 4.79 Å². The Bertz CT molecular complexity index is 1040. The number of likely N-dealkylation sites (tertiary alicyclic amines) is 1. The molecule has 2 aromatic carbocycles. The number of carbonyl (C=O) groups is 1. The van der Waals surface area contributed by atoms with Crippen molar-refractivity contribution in [3.63, 3.8) is 0 Å². The van der Waals surface area contributed by atoms with Crippen molar-refractivity contribution < 1.29 is 4.79 Å². The summed E-state index contributed by atoms with van der Waals surface area (Å²) in [5, 5.41) is 3.65. The summed E-state index contributed by atoms with van der Waals surface area (Å²) >= 11 is 0. The Balaban J connectivity index is 1.11. The van der Waals surface area contributed by atoms with E-state index in [1.165, 1.54) is 48.8 Å². The van der Waals surface area contributed by atoms with Gasteiger partial charge in [0, 0.05) is 5.54 Å². The van der Waals surface area contributed by atoms with Crippen LogP contribution >= 0.6 is 0 Å². The Morgan fingerprint density at radius 2 is 1.59 bits per heavy atom. The number of hydrogen-bond donors (Lipinski definition) is 1. The highest BCUT2D eigenvalue weighted by Crippen LogP contribution is 2.62. The van der Waals surface area contributed by atoms with Crippen LogP contribution in [0.4, 0.5) is 0 Å². The molecule has 34 heavy (non-hydrogen) atoms. The van der Waals surface area contributed by atoms with E-state index >= 15 is 0 Å². The molecule has 1 aliphatic heterocycles. The van der Waals surface area contributed by atoms with E-state index in [0.717, 1.165) is 44.2 Å². The van der Waals surface area contributed by atoms with E-state index in [-0.39, 0.29) is 22.3 Å². The van der Waals surface area contributed by atoms with Gasteiger partial charge in [-0.25, -0.2) is 0 Å². The molecule has 4 saturated carbocycles. The standard InChI is InChI=1S/C31H40N2O/c1-23-8-6-7-11-27(23)29(2)12-14-33(15-13-29)21-28(34)32-31-19-24-16-25(20-31)18-30(17-24,22-31)26-9-4-3-5-10-26/h3-11,24-25H,12-22H2,1-2H3,(H,32,34)/t24-,25+,30?,31?. The first kappa shape index (κ1) is 22.3. The summed E-state index contributed by atoms with van der Waals surface area (Å²) in [6.07, 6.45) is 9.76.